The van der Waals surface area contributed by atoms with Crippen molar-refractivity contribution in [2.75, 3.05) is 6.54 Å². The van der Waals surface area contributed by atoms with Crippen molar-refractivity contribution < 1.29 is 8.42 Å². The Morgan fingerprint density at radius 1 is 1.00 bits per heavy atom. The van der Waals surface area contributed by atoms with Gasteiger partial charge >= 0.3 is 0 Å². The van der Waals surface area contributed by atoms with Crippen LogP contribution in [0.25, 0.3) is 0 Å². The first-order valence-corrected chi connectivity index (χ1v) is 9.09. The Hall–Kier alpha value is -0.390. The van der Waals surface area contributed by atoms with Gasteiger partial charge in [-0.05, 0) is 30.7 Å². The number of rotatable bonds is 9. The minimum atomic E-state index is -3.35. The molecule has 0 aliphatic heterocycles. The van der Waals surface area contributed by atoms with Gasteiger partial charge < -0.3 is 0 Å². The van der Waals surface area contributed by atoms with Crippen molar-refractivity contribution in [2.24, 2.45) is 0 Å². The Morgan fingerprint density at radius 3 is 2.21 bits per heavy atom. The zero-order valence-electron chi connectivity index (χ0n) is 11.4. The predicted octanol–water partition coefficient (Wildman–Crippen LogP) is 4.09. The van der Waals surface area contributed by atoms with Crippen LogP contribution in [0.3, 0.4) is 0 Å². The van der Waals surface area contributed by atoms with E-state index in [1.54, 1.807) is 24.3 Å². The largest absolute Gasteiger partial charge is 0.240 e. The van der Waals surface area contributed by atoms with E-state index in [0.717, 1.165) is 17.3 Å². The molecule has 0 aromatic heterocycles. The molecule has 0 atom stereocenters. The monoisotopic (exact) mass is 347 g/mol. The van der Waals surface area contributed by atoms with E-state index in [4.69, 9.17) is 0 Å². The van der Waals surface area contributed by atoms with Gasteiger partial charge in [0, 0.05) is 11.0 Å². The number of hydrogen-bond acceptors (Lipinski definition) is 2. The predicted molar refractivity (Wildman–Crippen MR) is 82.7 cm³/mol. The van der Waals surface area contributed by atoms with Gasteiger partial charge in [-0.15, -0.1) is 0 Å². The zero-order chi connectivity index (χ0) is 14.1. The van der Waals surface area contributed by atoms with E-state index in [1.807, 2.05) is 0 Å². The molecule has 0 saturated heterocycles. The number of benzene rings is 1. The van der Waals surface area contributed by atoms with Crippen molar-refractivity contribution >= 4 is 26.0 Å². The lowest BCUT2D eigenvalue weighted by Crippen LogP contribution is -2.24. The molecule has 0 amide bonds. The first-order chi connectivity index (χ1) is 9.06. The van der Waals surface area contributed by atoms with E-state index >= 15 is 0 Å². The Labute approximate surface area is 125 Å². The smallest absolute Gasteiger partial charge is 0.211 e. The number of sulfonamides is 1. The molecular weight excluding hydrogens is 326 g/mol. The minimum absolute atomic E-state index is 0.321. The maximum Gasteiger partial charge on any atom is 0.240 e. The topological polar surface area (TPSA) is 46.2 Å². The SMILES string of the molecule is CCCCCCCCNS(=O)(=O)c1ccc(Br)cc1. The fraction of sp³-hybridized carbons (Fsp3) is 0.571. The summed E-state index contributed by atoms with van der Waals surface area (Å²) in [5.74, 6) is 0. The van der Waals surface area contributed by atoms with Crippen LogP contribution in [0.2, 0.25) is 0 Å². The molecule has 1 N–H and O–H groups in total. The maximum atomic E-state index is 12.0. The third-order valence-electron chi connectivity index (χ3n) is 2.95. The molecule has 1 aromatic carbocycles. The molecule has 0 bridgehead atoms. The van der Waals surface area contributed by atoms with Gasteiger partial charge in [-0.25, -0.2) is 13.1 Å². The number of unbranched alkanes of at least 4 members (excludes halogenated alkanes) is 5. The first kappa shape index (κ1) is 16.7. The van der Waals surface area contributed by atoms with Gasteiger partial charge in [-0.1, -0.05) is 55.0 Å². The van der Waals surface area contributed by atoms with Crippen LogP contribution < -0.4 is 4.72 Å². The minimum Gasteiger partial charge on any atom is -0.211 e. The molecule has 0 aliphatic carbocycles. The highest BCUT2D eigenvalue weighted by Gasteiger charge is 2.12. The van der Waals surface area contributed by atoms with Crippen LogP contribution in [0.5, 0.6) is 0 Å². The lowest BCUT2D eigenvalue weighted by atomic mass is 10.1. The maximum absolute atomic E-state index is 12.0. The lowest BCUT2D eigenvalue weighted by molar-refractivity contribution is 0.567. The summed E-state index contributed by atoms with van der Waals surface area (Å²) in [5, 5.41) is 0. The highest BCUT2D eigenvalue weighted by atomic mass is 79.9. The van der Waals surface area contributed by atoms with Crippen LogP contribution in [-0.4, -0.2) is 15.0 Å². The van der Waals surface area contributed by atoms with E-state index in [9.17, 15) is 8.42 Å². The Kier molecular flexibility index (Phi) is 7.64. The van der Waals surface area contributed by atoms with E-state index in [-0.39, 0.29) is 0 Å². The third-order valence-corrected chi connectivity index (χ3v) is 4.95. The summed E-state index contributed by atoms with van der Waals surface area (Å²) < 4.78 is 27.4. The molecule has 0 fully saturated rings. The molecule has 3 nitrogen and oxygen atoms in total. The molecule has 1 aromatic rings. The Balaban J connectivity index is 2.29. The van der Waals surface area contributed by atoms with Crippen LogP contribution in [-0.2, 0) is 10.0 Å². The molecule has 0 spiro atoms. The second kappa shape index (κ2) is 8.72. The average Bonchev–Trinajstić information content (AvgIpc) is 2.38. The van der Waals surface area contributed by atoms with Crippen LogP contribution >= 0.6 is 15.9 Å². The third kappa shape index (κ3) is 6.54. The van der Waals surface area contributed by atoms with Crippen molar-refractivity contribution in [2.45, 2.75) is 50.3 Å². The van der Waals surface area contributed by atoms with Gasteiger partial charge in [-0.3, -0.25) is 0 Å². The van der Waals surface area contributed by atoms with Gasteiger partial charge in [0.2, 0.25) is 10.0 Å². The summed E-state index contributed by atoms with van der Waals surface area (Å²) >= 11 is 3.29. The van der Waals surface area contributed by atoms with Crippen LogP contribution in [0.1, 0.15) is 45.4 Å². The standard InChI is InChI=1S/C14H22BrNO2S/c1-2-3-4-5-6-7-12-16-19(17,18)14-10-8-13(15)9-11-14/h8-11,16H,2-7,12H2,1H3. The van der Waals surface area contributed by atoms with Crippen molar-refractivity contribution in [3.05, 3.63) is 28.7 Å². The fourth-order valence-corrected chi connectivity index (χ4v) is 3.15. The van der Waals surface area contributed by atoms with Crippen molar-refractivity contribution in [3.63, 3.8) is 0 Å². The second-order valence-corrected chi connectivity index (χ2v) is 7.30. The molecule has 0 heterocycles. The first-order valence-electron chi connectivity index (χ1n) is 6.81. The number of nitrogens with one attached hydrogen (secondary N) is 1. The normalized spacial score (nSPS) is 11.7. The second-order valence-electron chi connectivity index (χ2n) is 4.62. The molecule has 5 heteroatoms. The van der Waals surface area contributed by atoms with Gasteiger partial charge in [0.05, 0.1) is 4.90 Å². The van der Waals surface area contributed by atoms with E-state index in [1.165, 1.54) is 25.7 Å². The van der Waals surface area contributed by atoms with Gasteiger partial charge in [-0.2, -0.15) is 0 Å². The highest BCUT2D eigenvalue weighted by molar-refractivity contribution is 9.10. The molecular formula is C14H22BrNO2S. The van der Waals surface area contributed by atoms with Crippen LogP contribution in [0.4, 0.5) is 0 Å². The molecule has 0 aliphatic rings. The molecule has 19 heavy (non-hydrogen) atoms. The van der Waals surface area contributed by atoms with E-state index in [0.29, 0.717) is 11.4 Å². The quantitative estimate of drug-likeness (QED) is 0.683. The van der Waals surface area contributed by atoms with Crippen molar-refractivity contribution in [3.8, 4) is 0 Å². The van der Waals surface area contributed by atoms with Crippen molar-refractivity contribution in [1.29, 1.82) is 0 Å². The molecule has 0 unspecified atom stereocenters. The lowest BCUT2D eigenvalue weighted by Gasteiger charge is -2.06. The van der Waals surface area contributed by atoms with Gasteiger partial charge in [0.15, 0.2) is 0 Å². The van der Waals surface area contributed by atoms with Gasteiger partial charge in [0.1, 0.15) is 0 Å². The van der Waals surface area contributed by atoms with E-state index < -0.39 is 10.0 Å². The number of hydrogen-bond donors (Lipinski definition) is 1. The Morgan fingerprint density at radius 2 is 1.58 bits per heavy atom. The molecule has 0 saturated carbocycles. The Bertz CT molecular complexity index is 457. The molecule has 1 rings (SSSR count). The van der Waals surface area contributed by atoms with Crippen molar-refractivity contribution in [1.82, 2.24) is 4.72 Å². The van der Waals surface area contributed by atoms with Gasteiger partial charge in [0.25, 0.3) is 0 Å². The number of halogens is 1. The summed E-state index contributed by atoms with van der Waals surface area (Å²) in [6.45, 7) is 2.71. The van der Waals surface area contributed by atoms with Crippen LogP contribution in [0.15, 0.2) is 33.6 Å². The summed E-state index contributed by atoms with van der Waals surface area (Å²) in [4.78, 5) is 0.321. The molecule has 0 radical (unpaired) electrons. The van der Waals surface area contributed by atoms with Crippen LogP contribution in [0, 0.1) is 0 Å². The zero-order valence-corrected chi connectivity index (χ0v) is 13.8. The summed E-state index contributed by atoms with van der Waals surface area (Å²) in [7, 11) is -3.35. The summed E-state index contributed by atoms with van der Waals surface area (Å²) in [6, 6.07) is 6.68. The highest BCUT2D eigenvalue weighted by Crippen LogP contribution is 2.14. The summed E-state index contributed by atoms with van der Waals surface area (Å²) in [5.41, 5.74) is 0. The molecule has 108 valence electrons. The van der Waals surface area contributed by atoms with E-state index in [2.05, 4.69) is 27.6 Å². The average molecular weight is 348 g/mol. The fourth-order valence-electron chi connectivity index (χ4n) is 1.81. The summed E-state index contributed by atoms with van der Waals surface area (Å²) in [6.07, 6.45) is 6.92.